The molecule has 0 unspecified atom stereocenters. The zero-order valence-corrected chi connectivity index (χ0v) is 10.9. The van der Waals surface area contributed by atoms with Gasteiger partial charge < -0.3 is 10.4 Å². The number of para-hydroxylation sites is 1. The van der Waals surface area contributed by atoms with E-state index in [2.05, 4.69) is 5.32 Å². The van der Waals surface area contributed by atoms with Crippen molar-refractivity contribution in [2.75, 3.05) is 5.32 Å². The molecule has 0 aliphatic rings. The lowest BCUT2D eigenvalue weighted by molar-refractivity contribution is -0.385. The smallest absolute Gasteiger partial charge is 0.282 e. The van der Waals surface area contributed by atoms with Gasteiger partial charge in [-0.1, -0.05) is 23.9 Å². The SMILES string of the molecule is O=C(Nc1cc([N+](=O)[O-])ccc1[O-])c1ccccc1[N+](=O)[O-]. The third-order valence-corrected chi connectivity index (χ3v) is 2.77. The number of anilines is 1. The van der Waals surface area contributed by atoms with Gasteiger partial charge in [0, 0.05) is 23.9 Å². The number of nitrogens with one attached hydrogen (secondary N) is 1. The van der Waals surface area contributed by atoms with Crippen LogP contribution in [0.2, 0.25) is 0 Å². The Labute approximate surface area is 123 Å². The Bertz CT molecular complexity index is 774. The van der Waals surface area contributed by atoms with Crippen molar-refractivity contribution >= 4 is 23.0 Å². The normalized spacial score (nSPS) is 10.0. The van der Waals surface area contributed by atoms with Crippen LogP contribution in [0.1, 0.15) is 10.4 Å². The summed E-state index contributed by atoms with van der Waals surface area (Å²) in [7, 11) is 0. The second-order valence-corrected chi connectivity index (χ2v) is 4.17. The number of nitro groups is 2. The maximum absolute atomic E-state index is 12.0. The molecule has 112 valence electrons. The van der Waals surface area contributed by atoms with Crippen LogP contribution in [0.3, 0.4) is 0 Å². The monoisotopic (exact) mass is 302 g/mol. The summed E-state index contributed by atoms with van der Waals surface area (Å²) in [5.41, 5.74) is -1.38. The first-order valence-corrected chi connectivity index (χ1v) is 5.90. The summed E-state index contributed by atoms with van der Waals surface area (Å²) in [4.78, 5) is 32.1. The van der Waals surface area contributed by atoms with Crippen molar-refractivity contribution in [2.24, 2.45) is 0 Å². The van der Waals surface area contributed by atoms with E-state index in [4.69, 9.17) is 0 Å². The van der Waals surface area contributed by atoms with E-state index in [9.17, 15) is 30.1 Å². The second kappa shape index (κ2) is 5.87. The highest BCUT2D eigenvalue weighted by molar-refractivity contribution is 6.07. The molecular formula is C13H8N3O6-. The van der Waals surface area contributed by atoms with Crippen LogP contribution in [0.5, 0.6) is 5.75 Å². The van der Waals surface area contributed by atoms with Gasteiger partial charge in [0.2, 0.25) is 0 Å². The number of carbonyl (C=O) groups is 1. The third-order valence-electron chi connectivity index (χ3n) is 2.77. The molecule has 2 rings (SSSR count). The number of non-ortho nitro benzene ring substituents is 1. The minimum Gasteiger partial charge on any atom is -0.871 e. The van der Waals surface area contributed by atoms with Crippen molar-refractivity contribution in [1.29, 1.82) is 0 Å². The molecule has 1 N–H and O–H groups in total. The lowest BCUT2D eigenvalue weighted by Gasteiger charge is -2.13. The molecule has 0 saturated carbocycles. The Morgan fingerprint density at radius 3 is 2.32 bits per heavy atom. The van der Waals surface area contributed by atoms with E-state index >= 15 is 0 Å². The van der Waals surface area contributed by atoms with Gasteiger partial charge in [-0.25, -0.2) is 0 Å². The molecule has 0 radical (unpaired) electrons. The van der Waals surface area contributed by atoms with Crippen molar-refractivity contribution in [3.63, 3.8) is 0 Å². The van der Waals surface area contributed by atoms with E-state index in [1.165, 1.54) is 18.2 Å². The first kappa shape index (κ1) is 14.9. The first-order valence-electron chi connectivity index (χ1n) is 5.90. The van der Waals surface area contributed by atoms with Gasteiger partial charge in [-0.05, 0) is 6.07 Å². The largest absolute Gasteiger partial charge is 0.871 e. The van der Waals surface area contributed by atoms with Crippen molar-refractivity contribution in [3.05, 3.63) is 68.3 Å². The zero-order chi connectivity index (χ0) is 16.3. The molecule has 1 amide bonds. The topological polar surface area (TPSA) is 138 Å². The van der Waals surface area contributed by atoms with Crippen molar-refractivity contribution in [2.45, 2.75) is 0 Å². The molecule has 0 bridgehead atoms. The molecule has 9 nitrogen and oxygen atoms in total. The third kappa shape index (κ3) is 2.98. The molecule has 0 aliphatic heterocycles. The number of amides is 1. The minimum atomic E-state index is -0.898. The van der Waals surface area contributed by atoms with Gasteiger partial charge in [0.25, 0.3) is 17.3 Å². The standard InChI is InChI=1S/C13H9N3O6/c17-12-6-5-8(15(19)20)7-10(12)14-13(18)9-3-1-2-4-11(9)16(21)22/h1-7,17H,(H,14,18)/p-1. The maximum atomic E-state index is 12.0. The van der Waals surface area contributed by atoms with Gasteiger partial charge in [0.1, 0.15) is 5.56 Å². The van der Waals surface area contributed by atoms with Crippen molar-refractivity contribution in [3.8, 4) is 5.75 Å². The molecule has 0 aromatic heterocycles. The summed E-state index contributed by atoms with van der Waals surface area (Å²) in [6.07, 6.45) is 0. The quantitative estimate of drug-likeness (QED) is 0.675. The van der Waals surface area contributed by atoms with E-state index in [0.717, 1.165) is 24.3 Å². The van der Waals surface area contributed by atoms with E-state index in [0.29, 0.717) is 0 Å². The van der Waals surface area contributed by atoms with Crippen LogP contribution in [0.15, 0.2) is 42.5 Å². The number of benzene rings is 2. The van der Waals surface area contributed by atoms with Crippen LogP contribution in [0.4, 0.5) is 17.1 Å². The molecule has 0 atom stereocenters. The number of nitrogens with zero attached hydrogens (tertiary/aromatic N) is 2. The number of carbonyl (C=O) groups excluding carboxylic acids is 1. The fourth-order valence-electron chi connectivity index (χ4n) is 1.74. The predicted molar refractivity (Wildman–Crippen MR) is 73.6 cm³/mol. The van der Waals surface area contributed by atoms with Gasteiger partial charge in [-0.2, -0.15) is 0 Å². The van der Waals surface area contributed by atoms with E-state index in [-0.39, 0.29) is 16.9 Å². The van der Waals surface area contributed by atoms with Gasteiger partial charge in [-0.15, -0.1) is 0 Å². The maximum Gasteiger partial charge on any atom is 0.282 e. The molecule has 0 saturated heterocycles. The molecule has 9 heteroatoms. The minimum absolute atomic E-state index is 0.251. The first-order chi connectivity index (χ1) is 10.4. The fraction of sp³-hybridized carbons (Fsp3) is 0. The Balaban J connectivity index is 2.36. The molecule has 0 aliphatic carbocycles. The molecule has 0 fully saturated rings. The average Bonchev–Trinajstić information content (AvgIpc) is 2.49. The number of hydrogen-bond acceptors (Lipinski definition) is 6. The van der Waals surface area contributed by atoms with E-state index in [1.807, 2.05) is 0 Å². The molecule has 22 heavy (non-hydrogen) atoms. The Hall–Kier alpha value is -3.49. The van der Waals surface area contributed by atoms with Gasteiger partial charge in [0.15, 0.2) is 0 Å². The molecule has 2 aromatic carbocycles. The summed E-state index contributed by atoms with van der Waals surface area (Å²) in [6, 6.07) is 8.01. The zero-order valence-electron chi connectivity index (χ0n) is 10.9. The highest BCUT2D eigenvalue weighted by Gasteiger charge is 2.20. The summed E-state index contributed by atoms with van der Waals surface area (Å²) in [6.45, 7) is 0. The number of hydrogen-bond donors (Lipinski definition) is 1. The fourth-order valence-corrected chi connectivity index (χ4v) is 1.74. The van der Waals surface area contributed by atoms with Crippen LogP contribution >= 0.6 is 0 Å². The van der Waals surface area contributed by atoms with Gasteiger partial charge in [0.05, 0.1) is 9.85 Å². The lowest BCUT2D eigenvalue weighted by Crippen LogP contribution is -2.15. The highest BCUT2D eigenvalue weighted by Crippen LogP contribution is 2.27. The van der Waals surface area contributed by atoms with Gasteiger partial charge in [-0.3, -0.25) is 25.0 Å². The Kier molecular flexibility index (Phi) is 3.98. The van der Waals surface area contributed by atoms with Crippen LogP contribution in [0, 0.1) is 20.2 Å². The van der Waals surface area contributed by atoms with E-state index < -0.39 is 27.2 Å². The Morgan fingerprint density at radius 2 is 1.68 bits per heavy atom. The second-order valence-electron chi connectivity index (χ2n) is 4.17. The number of nitro benzene ring substituents is 2. The van der Waals surface area contributed by atoms with Crippen molar-refractivity contribution < 1.29 is 19.7 Å². The number of rotatable bonds is 4. The summed E-state index contributed by atoms with van der Waals surface area (Å²) >= 11 is 0. The van der Waals surface area contributed by atoms with Crippen LogP contribution < -0.4 is 10.4 Å². The van der Waals surface area contributed by atoms with Gasteiger partial charge >= 0.3 is 0 Å². The summed E-state index contributed by atoms with van der Waals surface area (Å²) in [5.74, 6) is -1.54. The van der Waals surface area contributed by atoms with Crippen LogP contribution in [-0.4, -0.2) is 15.8 Å². The summed E-state index contributed by atoms with van der Waals surface area (Å²) in [5, 5.41) is 35.3. The van der Waals surface area contributed by atoms with Crippen molar-refractivity contribution in [1.82, 2.24) is 0 Å². The highest BCUT2D eigenvalue weighted by atomic mass is 16.6. The van der Waals surface area contributed by atoms with Crippen LogP contribution in [0.25, 0.3) is 0 Å². The lowest BCUT2D eigenvalue weighted by atomic mass is 10.1. The molecular weight excluding hydrogens is 294 g/mol. The molecule has 2 aromatic rings. The summed E-state index contributed by atoms with van der Waals surface area (Å²) < 4.78 is 0. The average molecular weight is 302 g/mol. The predicted octanol–water partition coefficient (Wildman–Crippen LogP) is 1.83. The van der Waals surface area contributed by atoms with E-state index in [1.54, 1.807) is 0 Å². The Morgan fingerprint density at radius 1 is 1.00 bits per heavy atom. The molecule has 0 heterocycles. The van der Waals surface area contributed by atoms with Crippen LogP contribution in [-0.2, 0) is 0 Å². The molecule has 0 spiro atoms.